The van der Waals surface area contributed by atoms with Crippen LogP contribution in [-0.2, 0) is 6.42 Å². The maximum absolute atomic E-state index is 12.2. The van der Waals surface area contributed by atoms with Gasteiger partial charge in [0.1, 0.15) is 11.9 Å². The number of aromatic hydroxyl groups is 1. The highest BCUT2D eigenvalue weighted by Crippen LogP contribution is 2.26. The van der Waals surface area contributed by atoms with Gasteiger partial charge in [-0.25, -0.2) is 9.78 Å². The highest BCUT2D eigenvalue weighted by Gasteiger charge is 2.23. The standard InChI is InChI=1S/C18H15IN4O2/c19-12-6-7-13-14(9-12)22-17(21-13)15(8-11-4-2-1-3-5-11)23-16(24)10-20-18(23)25/h1-7,9-10,15,24H,8H2,(H,20,25)(H,21,22)/t15-/m0/s1. The van der Waals surface area contributed by atoms with Crippen molar-refractivity contribution in [1.29, 1.82) is 0 Å². The van der Waals surface area contributed by atoms with E-state index in [9.17, 15) is 9.90 Å². The van der Waals surface area contributed by atoms with Gasteiger partial charge in [0.15, 0.2) is 0 Å². The van der Waals surface area contributed by atoms with Crippen molar-refractivity contribution in [3.05, 3.63) is 80.2 Å². The normalized spacial score (nSPS) is 12.5. The minimum Gasteiger partial charge on any atom is -0.493 e. The van der Waals surface area contributed by atoms with E-state index in [0.29, 0.717) is 12.2 Å². The molecule has 0 aliphatic heterocycles. The minimum atomic E-state index is -0.439. The molecule has 6 nitrogen and oxygen atoms in total. The third-order valence-electron chi connectivity index (χ3n) is 4.15. The molecular weight excluding hydrogens is 431 g/mol. The smallest absolute Gasteiger partial charge is 0.329 e. The van der Waals surface area contributed by atoms with Crippen molar-refractivity contribution in [3.8, 4) is 5.88 Å². The molecule has 0 saturated carbocycles. The number of H-pyrrole nitrogens is 2. The number of fused-ring (bicyclic) bond motifs is 1. The molecule has 0 aliphatic carbocycles. The second-order valence-corrected chi connectivity index (χ2v) is 7.06. The Hall–Kier alpha value is -2.55. The molecule has 0 unspecified atom stereocenters. The lowest BCUT2D eigenvalue weighted by Gasteiger charge is -2.16. The van der Waals surface area contributed by atoms with Gasteiger partial charge < -0.3 is 15.1 Å². The van der Waals surface area contributed by atoms with Crippen molar-refractivity contribution in [2.45, 2.75) is 12.5 Å². The van der Waals surface area contributed by atoms with Crippen molar-refractivity contribution in [2.24, 2.45) is 0 Å². The first-order valence-corrected chi connectivity index (χ1v) is 8.87. The number of imidazole rings is 2. The SMILES string of the molecule is O=c1[nH]cc(O)n1[C@@H](Cc1ccccc1)c1nc2ccc(I)cc2[nH]1. The molecule has 0 fully saturated rings. The summed E-state index contributed by atoms with van der Waals surface area (Å²) in [5.41, 5.74) is 2.42. The summed E-state index contributed by atoms with van der Waals surface area (Å²) in [6, 6.07) is 15.3. The molecular formula is C18H15IN4O2. The number of hydrogen-bond acceptors (Lipinski definition) is 3. The van der Waals surface area contributed by atoms with Crippen molar-refractivity contribution in [1.82, 2.24) is 19.5 Å². The molecule has 2 heterocycles. The molecule has 2 aromatic carbocycles. The third kappa shape index (κ3) is 3.07. The van der Waals surface area contributed by atoms with Gasteiger partial charge in [0.2, 0.25) is 5.88 Å². The molecule has 0 bridgehead atoms. The van der Waals surface area contributed by atoms with Crippen LogP contribution in [0, 0.1) is 3.57 Å². The van der Waals surface area contributed by atoms with Gasteiger partial charge >= 0.3 is 5.69 Å². The fraction of sp³-hybridized carbons (Fsp3) is 0.111. The lowest BCUT2D eigenvalue weighted by atomic mass is 10.1. The lowest BCUT2D eigenvalue weighted by molar-refractivity contribution is 0.389. The van der Waals surface area contributed by atoms with E-state index in [-0.39, 0.29) is 11.6 Å². The fourth-order valence-electron chi connectivity index (χ4n) is 2.98. The van der Waals surface area contributed by atoms with Gasteiger partial charge in [-0.3, -0.25) is 4.57 Å². The topological polar surface area (TPSA) is 86.7 Å². The Morgan fingerprint density at radius 2 is 2.00 bits per heavy atom. The van der Waals surface area contributed by atoms with E-state index in [1.54, 1.807) is 0 Å². The Morgan fingerprint density at radius 1 is 1.20 bits per heavy atom. The van der Waals surface area contributed by atoms with E-state index in [1.807, 2.05) is 48.5 Å². The van der Waals surface area contributed by atoms with Crippen LogP contribution in [0.15, 0.2) is 59.5 Å². The van der Waals surface area contributed by atoms with Crippen LogP contribution in [0.3, 0.4) is 0 Å². The largest absolute Gasteiger partial charge is 0.493 e. The van der Waals surface area contributed by atoms with Crippen LogP contribution >= 0.6 is 22.6 Å². The number of nitrogens with one attached hydrogen (secondary N) is 2. The van der Waals surface area contributed by atoms with Crippen LogP contribution in [0.5, 0.6) is 5.88 Å². The molecule has 0 aliphatic rings. The quantitative estimate of drug-likeness (QED) is 0.421. The van der Waals surface area contributed by atoms with Gasteiger partial charge in [-0.1, -0.05) is 30.3 Å². The molecule has 4 aromatic rings. The van der Waals surface area contributed by atoms with Crippen molar-refractivity contribution in [2.75, 3.05) is 0 Å². The molecule has 2 aromatic heterocycles. The van der Waals surface area contributed by atoms with Gasteiger partial charge in [-0.2, -0.15) is 0 Å². The molecule has 3 N–H and O–H groups in total. The van der Waals surface area contributed by atoms with Crippen LogP contribution < -0.4 is 5.69 Å². The zero-order valence-corrected chi connectivity index (χ0v) is 15.3. The zero-order chi connectivity index (χ0) is 17.4. The average Bonchev–Trinajstić information content (AvgIpc) is 3.17. The van der Waals surface area contributed by atoms with Gasteiger partial charge in [0.05, 0.1) is 17.2 Å². The summed E-state index contributed by atoms with van der Waals surface area (Å²) in [6.45, 7) is 0. The number of benzene rings is 2. The fourth-order valence-corrected chi connectivity index (χ4v) is 3.47. The number of nitrogens with zero attached hydrogens (tertiary/aromatic N) is 2. The van der Waals surface area contributed by atoms with E-state index < -0.39 is 6.04 Å². The van der Waals surface area contributed by atoms with E-state index in [0.717, 1.165) is 20.2 Å². The van der Waals surface area contributed by atoms with Crippen molar-refractivity contribution >= 4 is 33.6 Å². The van der Waals surface area contributed by atoms with E-state index in [4.69, 9.17) is 0 Å². The van der Waals surface area contributed by atoms with Crippen molar-refractivity contribution in [3.63, 3.8) is 0 Å². The molecule has 1 atom stereocenters. The summed E-state index contributed by atoms with van der Waals surface area (Å²) in [7, 11) is 0. The second kappa shape index (κ2) is 6.40. The maximum atomic E-state index is 12.2. The first-order chi connectivity index (χ1) is 12.1. The Kier molecular flexibility index (Phi) is 4.08. The Morgan fingerprint density at radius 3 is 2.72 bits per heavy atom. The van der Waals surface area contributed by atoms with Crippen LogP contribution in [0.25, 0.3) is 11.0 Å². The monoisotopic (exact) mass is 446 g/mol. The highest BCUT2D eigenvalue weighted by molar-refractivity contribution is 14.1. The number of hydrogen-bond donors (Lipinski definition) is 3. The van der Waals surface area contributed by atoms with Crippen molar-refractivity contribution < 1.29 is 5.11 Å². The van der Waals surface area contributed by atoms with Gasteiger partial charge in [0, 0.05) is 9.99 Å². The molecule has 126 valence electrons. The van der Waals surface area contributed by atoms with Gasteiger partial charge in [-0.05, 0) is 46.4 Å². The van der Waals surface area contributed by atoms with Crippen LogP contribution in [0.4, 0.5) is 0 Å². The van der Waals surface area contributed by atoms with Gasteiger partial charge in [0.25, 0.3) is 0 Å². The predicted octanol–water partition coefficient (Wildman–Crippen LogP) is 3.20. The highest BCUT2D eigenvalue weighted by atomic mass is 127. The lowest BCUT2D eigenvalue weighted by Crippen LogP contribution is -2.25. The number of aromatic nitrogens is 4. The van der Waals surface area contributed by atoms with E-state index in [2.05, 4.69) is 37.5 Å². The van der Waals surface area contributed by atoms with Crippen LogP contribution in [0.1, 0.15) is 17.4 Å². The molecule has 7 heteroatoms. The maximum Gasteiger partial charge on any atom is 0.329 e. The third-order valence-corrected chi connectivity index (χ3v) is 4.82. The molecule has 25 heavy (non-hydrogen) atoms. The first-order valence-electron chi connectivity index (χ1n) is 7.80. The molecule has 0 radical (unpaired) electrons. The summed E-state index contributed by atoms with van der Waals surface area (Å²) < 4.78 is 2.43. The summed E-state index contributed by atoms with van der Waals surface area (Å²) in [4.78, 5) is 22.7. The molecule has 4 rings (SSSR count). The summed E-state index contributed by atoms with van der Waals surface area (Å²) >= 11 is 2.25. The van der Waals surface area contributed by atoms with E-state index in [1.165, 1.54) is 10.8 Å². The van der Waals surface area contributed by atoms with Gasteiger partial charge in [-0.15, -0.1) is 0 Å². The molecule has 0 saturated heterocycles. The summed E-state index contributed by atoms with van der Waals surface area (Å²) in [6.07, 6.45) is 1.83. The average molecular weight is 446 g/mol. The summed E-state index contributed by atoms with van der Waals surface area (Å²) in [5, 5.41) is 10.1. The van der Waals surface area contributed by atoms with Crippen LogP contribution in [-0.4, -0.2) is 24.6 Å². The zero-order valence-electron chi connectivity index (χ0n) is 13.1. The Labute approximate surface area is 156 Å². The number of rotatable bonds is 4. The van der Waals surface area contributed by atoms with E-state index >= 15 is 0 Å². The summed E-state index contributed by atoms with van der Waals surface area (Å²) in [5.74, 6) is 0.527. The molecule has 0 spiro atoms. The number of halogens is 1. The molecule has 0 amide bonds. The van der Waals surface area contributed by atoms with Crippen LogP contribution in [0.2, 0.25) is 0 Å². The predicted molar refractivity (Wildman–Crippen MR) is 104 cm³/mol. The first kappa shape index (κ1) is 15.9. The Balaban J connectivity index is 1.85. The Bertz CT molecular complexity index is 1080. The second-order valence-electron chi connectivity index (χ2n) is 5.81. The minimum absolute atomic E-state index is 0.110. The number of aromatic amines is 2.